The minimum atomic E-state index is 0.773. The van der Waals surface area contributed by atoms with Gasteiger partial charge >= 0.3 is 0 Å². The third-order valence-corrected chi connectivity index (χ3v) is 3.01. The molecule has 0 amide bonds. The number of hydrogen-bond acceptors (Lipinski definition) is 2. The minimum absolute atomic E-state index is 0.773. The predicted octanol–water partition coefficient (Wildman–Crippen LogP) is 2.68. The van der Waals surface area contributed by atoms with Gasteiger partial charge in [0, 0.05) is 25.0 Å². The second-order valence-electron chi connectivity index (χ2n) is 3.21. The lowest BCUT2D eigenvalue weighted by Gasteiger charge is -2.20. The first-order valence-corrected chi connectivity index (χ1v) is 6.60. The average Bonchev–Trinajstić information content (AvgIpc) is 2.27. The van der Waals surface area contributed by atoms with Gasteiger partial charge in [-0.2, -0.15) is 11.8 Å². The molecule has 0 saturated carbocycles. The topological polar surface area (TPSA) is 15.3 Å². The summed E-state index contributed by atoms with van der Waals surface area (Å²) in [6.45, 7) is 0.972. The van der Waals surface area contributed by atoms with Gasteiger partial charge in [-0.15, -0.1) is 0 Å². The molecule has 0 unspecified atom stereocenters. The highest BCUT2D eigenvalue weighted by Gasteiger charge is 2.02. The molecule has 0 aromatic heterocycles. The molecule has 1 rings (SSSR count). The van der Waals surface area contributed by atoms with Crippen molar-refractivity contribution in [1.82, 2.24) is 4.90 Å². The maximum absolute atomic E-state index is 5.28. The Morgan fingerprint density at radius 1 is 1.40 bits per heavy atom. The molecule has 1 aromatic carbocycles. The first-order chi connectivity index (χ1) is 7.24. The summed E-state index contributed by atoms with van der Waals surface area (Å²) in [5, 5.41) is 3.97. The van der Waals surface area contributed by atoms with Crippen molar-refractivity contribution in [3.05, 3.63) is 30.3 Å². The fourth-order valence-corrected chi connectivity index (χ4v) is 1.74. The molecule has 0 aliphatic rings. The SMILES string of the molecule is CSCCN(C)C(=S)Nc1ccccc1. The van der Waals surface area contributed by atoms with Gasteiger partial charge in [-0.3, -0.25) is 0 Å². The van der Waals surface area contributed by atoms with Gasteiger partial charge in [0.25, 0.3) is 0 Å². The number of benzene rings is 1. The summed E-state index contributed by atoms with van der Waals surface area (Å²) in [5.41, 5.74) is 1.04. The van der Waals surface area contributed by atoms with Crippen LogP contribution in [-0.4, -0.2) is 35.6 Å². The van der Waals surface area contributed by atoms with E-state index in [1.807, 2.05) is 49.1 Å². The molecule has 0 saturated heterocycles. The molecule has 82 valence electrons. The third kappa shape index (κ3) is 4.53. The zero-order valence-electron chi connectivity index (χ0n) is 9.06. The van der Waals surface area contributed by atoms with E-state index in [1.165, 1.54) is 0 Å². The van der Waals surface area contributed by atoms with Crippen molar-refractivity contribution >= 4 is 34.8 Å². The van der Waals surface area contributed by atoms with Crippen molar-refractivity contribution in [2.75, 3.05) is 30.9 Å². The van der Waals surface area contributed by atoms with Crippen LogP contribution in [0.25, 0.3) is 0 Å². The first kappa shape index (κ1) is 12.3. The maximum atomic E-state index is 5.28. The molecular formula is C11H16N2S2. The zero-order chi connectivity index (χ0) is 11.1. The van der Waals surface area contributed by atoms with E-state index in [-0.39, 0.29) is 0 Å². The lowest BCUT2D eigenvalue weighted by Crippen LogP contribution is -2.32. The number of rotatable bonds is 4. The van der Waals surface area contributed by atoms with Crippen LogP contribution < -0.4 is 5.32 Å². The van der Waals surface area contributed by atoms with Gasteiger partial charge in [0.2, 0.25) is 0 Å². The van der Waals surface area contributed by atoms with Crippen LogP contribution in [0.1, 0.15) is 0 Å². The van der Waals surface area contributed by atoms with Crippen LogP contribution in [0.5, 0.6) is 0 Å². The highest BCUT2D eigenvalue weighted by atomic mass is 32.2. The molecule has 0 fully saturated rings. The molecule has 2 nitrogen and oxygen atoms in total. The summed E-state index contributed by atoms with van der Waals surface area (Å²) < 4.78 is 0. The van der Waals surface area contributed by atoms with Crippen LogP contribution in [0.4, 0.5) is 5.69 Å². The van der Waals surface area contributed by atoms with Crippen LogP contribution in [0.3, 0.4) is 0 Å². The van der Waals surface area contributed by atoms with Crippen LogP contribution in [0.2, 0.25) is 0 Å². The highest BCUT2D eigenvalue weighted by Crippen LogP contribution is 2.06. The Bertz CT molecular complexity index is 301. The fourth-order valence-electron chi connectivity index (χ4n) is 1.07. The van der Waals surface area contributed by atoms with Crippen molar-refractivity contribution in [1.29, 1.82) is 0 Å². The lowest BCUT2D eigenvalue weighted by molar-refractivity contribution is 0.549. The third-order valence-electron chi connectivity index (χ3n) is 2.00. The number of hydrogen-bond donors (Lipinski definition) is 1. The van der Waals surface area contributed by atoms with Crippen LogP contribution >= 0.6 is 24.0 Å². The Kier molecular flexibility index (Phi) is 5.50. The van der Waals surface area contributed by atoms with Gasteiger partial charge in [-0.1, -0.05) is 18.2 Å². The zero-order valence-corrected chi connectivity index (χ0v) is 10.7. The van der Waals surface area contributed by atoms with Crippen LogP contribution in [-0.2, 0) is 0 Å². The molecule has 0 atom stereocenters. The van der Waals surface area contributed by atoms with E-state index in [0.717, 1.165) is 23.1 Å². The van der Waals surface area contributed by atoms with E-state index in [9.17, 15) is 0 Å². The molecule has 1 N–H and O–H groups in total. The first-order valence-electron chi connectivity index (χ1n) is 4.80. The van der Waals surface area contributed by atoms with Gasteiger partial charge in [-0.25, -0.2) is 0 Å². The molecule has 0 heterocycles. The summed E-state index contributed by atoms with van der Waals surface area (Å²) in [7, 11) is 2.01. The molecule has 0 aliphatic heterocycles. The minimum Gasteiger partial charge on any atom is -0.351 e. The van der Waals surface area contributed by atoms with E-state index in [0.29, 0.717) is 0 Å². The van der Waals surface area contributed by atoms with E-state index >= 15 is 0 Å². The molecule has 0 spiro atoms. The van der Waals surface area contributed by atoms with E-state index in [1.54, 1.807) is 0 Å². The van der Waals surface area contributed by atoms with Gasteiger partial charge in [0.1, 0.15) is 0 Å². The second kappa shape index (κ2) is 6.69. The number of anilines is 1. The quantitative estimate of drug-likeness (QED) is 0.814. The van der Waals surface area contributed by atoms with Gasteiger partial charge in [0.05, 0.1) is 0 Å². The Morgan fingerprint density at radius 2 is 2.07 bits per heavy atom. The highest BCUT2D eigenvalue weighted by molar-refractivity contribution is 7.98. The largest absolute Gasteiger partial charge is 0.351 e. The number of nitrogens with one attached hydrogen (secondary N) is 1. The molecule has 0 aliphatic carbocycles. The van der Waals surface area contributed by atoms with Gasteiger partial charge in [-0.05, 0) is 30.6 Å². The number of thiocarbonyl (C=S) groups is 1. The number of nitrogens with zero attached hydrogens (tertiary/aromatic N) is 1. The normalized spacial score (nSPS) is 9.73. The Morgan fingerprint density at radius 3 is 2.67 bits per heavy atom. The van der Waals surface area contributed by atoms with Crippen molar-refractivity contribution < 1.29 is 0 Å². The molecule has 0 bridgehead atoms. The Balaban J connectivity index is 2.42. The fraction of sp³-hybridized carbons (Fsp3) is 0.364. The Labute approximate surface area is 101 Å². The molecule has 15 heavy (non-hydrogen) atoms. The van der Waals surface area contributed by atoms with Crippen molar-refractivity contribution in [2.45, 2.75) is 0 Å². The summed E-state index contributed by atoms with van der Waals surface area (Å²) in [6, 6.07) is 9.99. The number of thioether (sulfide) groups is 1. The average molecular weight is 240 g/mol. The monoisotopic (exact) mass is 240 g/mol. The summed E-state index contributed by atoms with van der Waals surface area (Å²) in [6.07, 6.45) is 2.10. The van der Waals surface area contributed by atoms with Crippen LogP contribution in [0.15, 0.2) is 30.3 Å². The maximum Gasteiger partial charge on any atom is 0.173 e. The predicted molar refractivity (Wildman–Crippen MR) is 73.7 cm³/mol. The molecule has 4 heteroatoms. The Hall–Kier alpha value is -0.740. The van der Waals surface area contributed by atoms with Crippen LogP contribution in [0, 0.1) is 0 Å². The summed E-state index contributed by atoms with van der Waals surface area (Å²) in [5.74, 6) is 1.09. The molecule has 0 radical (unpaired) electrons. The molecule has 1 aromatic rings. The van der Waals surface area contributed by atoms with E-state index in [2.05, 4.69) is 16.5 Å². The van der Waals surface area contributed by atoms with Crippen molar-refractivity contribution in [3.63, 3.8) is 0 Å². The smallest absolute Gasteiger partial charge is 0.173 e. The number of para-hydroxylation sites is 1. The lowest BCUT2D eigenvalue weighted by atomic mass is 10.3. The molecular weight excluding hydrogens is 224 g/mol. The van der Waals surface area contributed by atoms with Crippen molar-refractivity contribution in [3.8, 4) is 0 Å². The second-order valence-corrected chi connectivity index (χ2v) is 4.58. The summed E-state index contributed by atoms with van der Waals surface area (Å²) >= 11 is 7.10. The van der Waals surface area contributed by atoms with E-state index in [4.69, 9.17) is 12.2 Å². The van der Waals surface area contributed by atoms with Crippen molar-refractivity contribution in [2.24, 2.45) is 0 Å². The van der Waals surface area contributed by atoms with Gasteiger partial charge < -0.3 is 10.2 Å². The van der Waals surface area contributed by atoms with Gasteiger partial charge in [0.15, 0.2) is 5.11 Å². The van der Waals surface area contributed by atoms with E-state index < -0.39 is 0 Å². The summed E-state index contributed by atoms with van der Waals surface area (Å²) in [4.78, 5) is 2.05. The standard InChI is InChI=1S/C11H16N2S2/c1-13(8-9-15-2)11(14)12-10-6-4-3-5-7-10/h3-7H,8-9H2,1-2H3,(H,12,14).